The molecule has 1 saturated heterocycles. The third-order valence-corrected chi connectivity index (χ3v) is 5.65. The summed E-state index contributed by atoms with van der Waals surface area (Å²) in [6, 6.07) is 0. The quantitative estimate of drug-likeness (QED) is 0.243. The van der Waals surface area contributed by atoms with Crippen LogP contribution in [0.3, 0.4) is 0 Å². The molecule has 2 heterocycles. The third kappa shape index (κ3) is 8.51. The number of hydrogen-bond donors (Lipinski definition) is 1. The van der Waals surface area contributed by atoms with Gasteiger partial charge in [0.25, 0.3) is 0 Å². The Balaban J connectivity index is 0.00000392. The van der Waals surface area contributed by atoms with Crippen LogP contribution < -0.4 is 5.32 Å². The highest BCUT2D eigenvalue weighted by atomic mass is 127. The van der Waals surface area contributed by atoms with E-state index in [0.717, 1.165) is 64.5 Å². The summed E-state index contributed by atoms with van der Waals surface area (Å²) < 4.78 is 11.0. The van der Waals surface area contributed by atoms with Crippen LogP contribution in [-0.2, 0) is 21.3 Å². The lowest BCUT2D eigenvalue weighted by molar-refractivity contribution is 0.00992. The van der Waals surface area contributed by atoms with Crippen molar-refractivity contribution in [2.45, 2.75) is 58.0 Å². The fourth-order valence-electron chi connectivity index (χ4n) is 3.07. The molecule has 0 amide bonds. The number of nitrogens with zero attached hydrogens (tertiary/aromatic N) is 3. The molecule has 0 radical (unpaired) electrons. The molecule has 1 aliphatic heterocycles. The van der Waals surface area contributed by atoms with Crippen molar-refractivity contribution in [3.05, 3.63) is 16.1 Å². The van der Waals surface area contributed by atoms with Crippen molar-refractivity contribution in [3.8, 4) is 0 Å². The van der Waals surface area contributed by atoms with E-state index in [1.165, 1.54) is 10.7 Å². The van der Waals surface area contributed by atoms with Gasteiger partial charge in [-0.05, 0) is 19.3 Å². The van der Waals surface area contributed by atoms with Gasteiger partial charge >= 0.3 is 0 Å². The van der Waals surface area contributed by atoms with E-state index in [2.05, 4.69) is 41.4 Å². The fraction of sp³-hybridized carbons (Fsp3) is 0.800. The molecular formula is C20H37IN4O2S. The second kappa shape index (κ2) is 13.0. The normalized spacial score (nSPS) is 16.2. The molecule has 0 bridgehead atoms. The molecule has 0 atom stereocenters. The molecule has 1 aromatic heterocycles. The van der Waals surface area contributed by atoms with E-state index in [4.69, 9.17) is 14.5 Å². The zero-order valence-electron chi connectivity index (χ0n) is 18.0. The number of thiazole rings is 1. The summed E-state index contributed by atoms with van der Waals surface area (Å²) in [5.41, 5.74) is 1.30. The van der Waals surface area contributed by atoms with Crippen molar-refractivity contribution in [2.24, 2.45) is 4.99 Å². The number of hydrogen-bond acceptors (Lipinski definition) is 5. The maximum absolute atomic E-state index is 5.94. The maximum Gasteiger partial charge on any atom is 0.193 e. The van der Waals surface area contributed by atoms with Gasteiger partial charge in [0.1, 0.15) is 0 Å². The second-order valence-corrected chi connectivity index (χ2v) is 8.95. The zero-order chi connectivity index (χ0) is 19.7. The molecule has 0 saturated carbocycles. The monoisotopic (exact) mass is 524 g/mol. The van der Waals surface area contributed by atoms with Crippen LogP contribution in [0.2, 0.25) is 0 Å². The van der Waals surface area contributed by atoms with Gasteiger partial charge in [0, 0.05) is 64.2 Å². The summed E-state index contributed by atoms with van der Waals surface area (Å²) in [6.45, 7) is 11.0. The van der Waals surface area contributed by atoms with Gasteiger partial charge < -0.3 is 19.7 Å². The summed E-state index contributed by atoms with van der Waals surface area (Å²) in [5.74, 6) is 0.987. The number of methoxy groups -OCH3 is 1. The topological polar surface area (TPSA) is 59.0 Å². The van der Waals surface area contributed by atoms with Crippen molar-refractivity contribution in [2.75, 3.05) is 47.0 Å². The lowest BCUT2D eigenvalue weighted by atomic mass is 9.93. The summed E-state index contributed by atoms with van der Waals surface area (Å²) >= 11 is 1.75. The molecule has 0 aliphatic carbocycles. The first-order valence-electron chi connectivity index (χ1n) is 9.95. The predicted octanol–water partition coefficient (Wildman–Crippen LogP) is 3.69. The van der Waals surface area contributed by atoms with Crippen molar-refractivity contribution in [1.82, 2.24) is 15.2 Å². The van der Waals surface area contributed by atoms with Crippen molar-refractivity contribution in [1.29, 1.82) is 0 Å². The number of likely N-dealkylation sites (tertiary alicyclic amines) is 1. The van der Waals surface area contributed by atoms with Gasteiger partial charge in [0.15, 0.2) is 5.96 Å². The Bertz CT molecular complexity index is 581. The van der Waals surface area contributed by atoms with Gasteiger partial charge in [-0.3, -0.25) is 4.99 Å². The SMILES string of the molecule is CN=C(NCCc1nc(C(C)(C)C)cs1)N1CCC(OCCCOC)CC1.I. The lowest BCUT2D eigenvalue weighted by Crippen LogP contribution is -2.47. The number of piperidine rings is 1. The van der Waals surface area contributed by atoms with E-state index >= 15 is 0 Å². The van der Waals surface area contributed by atoms with E-state index in [-0.39, 0.29) is 29.4 Å². The summed E-state index contributed by atoms with van der Waals surface area (Å²) in [6.07, 6.45) is 4.36. The molecule has 6 nitrogen and oxygen atoms in total. The van der Waals surface area contributed by atoms with Crippen LogP contribution in [0.4, 0.5) is 0 Å². The Morgan fingerprint density at radius 2 is 2.04 bits per heavy atom. The zero-order valence-corrected chi connectivity index (χ0v) is 21.1. The van der Waals surface area contributed by atoms with E-state index in [1.807, 2.05) is 7.05 Å². The van der Waals surface area contributed by atoms with E-state index in [9.17, 15) is 0 Å². The minimum Gasteiger partial charge on any atom is -0.385 e. The molecule has 1 fully saturated rings. The largest absolute Gasteiger partial charge is 0.385 e. The standard InChI is InChI=1S/C20H36N4O2S.HI/c1-20(2,3)17-15-27-18(23-17)7-10-22-19(21-4)24-11-8-16(9-12-24)26-14-6-13-25-5;/h15-16H,6-14H2,1-5H3,(H,21,22);1H. The van der Waals surface area contributed by atoms with Gasteiger partial charge in [0.05, 0.1) is 16.8 Å². The number of halogens is 1. The molecular weight excluding hydrogens is 487 g/mol. The first-order chi connectivity index (χ1) is 12.9. The van der Waals surface area contributed by atoms with Gasteiger partial charge in [0.2, 0.25) is 0 Å². The van der Waals surface area contributed by atoms with Crippen molar-refractivity contribution in [3.63, 3.8) is 0 Å². The first-order valence-corrected chi connectivity index (χ1v) is 10.8. The van der Waals surface area contributed by atoms with Crippen LogP contribution in [0.15, 0.2) is 10.4 Å². The van der Waals surface area contributed by atoms with Crippen molar-refractivity contribution >= 4 is 41.3 Å². The molecule has 28 heavy (non-hydrogen) atoms. The molecule has 0 spiro atoms. The van der Waals surface area contributed by atoms with E-state index in [0.29, 0.717) is 6.10 Å². The molecule has 0 aromatic carbocycles. The number of aromatic nitrogens is 1. The Morgan fingerprint density at radius 1 is 1.32 bits per heavy atom. The average Bonchev–Trinajstić information content (AvgIpc) is 3.13. The molecule has 8 heteroatoms. The van der Waals surface area contributed by atoms with Crippen LogP contribution in [0.25, 0.3) is 0 Å². The van der Waals surface area contributed by atoms with E-state index < -0.39 is 0 Å². The van der Waals surface area contributed by atoms with Gasteiger partial charge in [-0.25, -0.2) is 4.98 Å². The van der Waals surface area contributed by atoms with E-state index in [1.54, 1.807) is 18.4 Å². The minimum absolute atomic E-state index is 0. The summed E-state index contributed by atoms with van der Waals surface area (Å²) in [4.78, 5) is 11.6. The first kappa shape index (κ1) is 25.6. The Morgan fingerprint density at radius 3 is 2.61 bits per heavy atom. The fourth-order valence-corrected chi connectivity index (χ4v) is 4.10. The van der Waals surface area contributed by atoms with Crippen LogP contribution >= 0.6 is 35.3 Å². The second-order valence-electron chi connectivity index (χ2n) is 8.00. The molecule has 1 N–H and O–H groups in total. The van der Waals surface area contributed by atoms with Crippen LogP contribution in [0.5, 0.6) is 0 Å². The lowest BCUT2D eigenvalue weighted by Gasteiger charge is -2.34. The highest BCUT2D eigenvalue weighted by Gasteiger charge is 2.22. The van der Waals surface area contributed by atoms with Crippen LogP contribution in [0, 0.1) is 0 Å². The van der Waals surface area contributed by atoms with Crippen molar-refractivity contribution < 1.29 is 9.47 Å². The Kier molecular flexibility index (Phi) is 11.9. The van der Waals surface area contributed by atoms with Gasteiger partial charge in [-0.1, -0.05) is 20.8 Å². The van der Waals surface area contributed by atoms with Crippen LogP contribution in [-0.4, -0.2) is 69.0 Å². The summed E-state index contributed by atoms with van der Waals surface area (Å²) in [7, 11) is 3.59. The number of ether oxygens (including phenoxy) is 2. The Labute approximate surface area is 191 Å². The minimum atomic E-state index is 0. The number of rotatable bonds is 8. The van der Waals surface area contributed by atoms with Gasteiger partial charge in [-0.2, -0.15) is 0 Å². The average molecular weight is 525 g/mol. The van der Waals surface area contributed by atoms with Gasteiger partial charge in [-0.15, -0.1) is 35.3 Å². The number of aliphatic imine (C=N–C) groups is 1. The molecule has 0 unspecified atom stereocenters. The Hall–Kier alpha value is -0.450. The third-order valence-electron chi connectivity index (χ3n) is 4.74. The van der Waals surface area contributed by atoms with Crippen LogP contribution in [0.1, 0.15) is 50.7 Å². The molecule has 1 aliphatic rings. The predicted molar refractivity (Wildman–Crippen MR) is 128 cm³/mol. The molecule has 2 rings (SSSR count). The maximum atomic E-state index is 5.94. The number of guanidine groups is 1. The highest BCUT2D eigenvalue weighted by molar-refractivity contribution is 14.0. The smallest absolute Gasteiger partial charge is 0.193 e. The molecule has 162 valence electrons. The number of nitrogens with one attached hydrogen (secondary N) is 1. The molecule has 1 aromatic rings. The highest BCUT2D eigenvalue weighted by Crippen LogP contribution is 2.24. The summed E-state index contributed by atoms with van der Waals surface area (Å²) in [5, 5.41) is 6.86.